The Morgan fingerprint density at radius 1 is 1.17 bits per heavy atom. The summed E-state index contributed by atoms with van der Waals surface area (Å²) in [7, 11) is 0. The number of hydrogen-bond acceptors (Lipinski definition) is 7. The maximum atomic E-state index is 14.2. The van der Waals surface area contributed by atoms with Crippen molar-refractivity contribution < 1.29 is 23.8 Å². The van der Waals surface area contributed by atoms with Crippen LogP contribution >= 0.6 is 0 Å². The van der Waals surface area contributed by atoms with E-state index in [1.165, 1.54) is 11.6 Å². The highest BCUT2D eigenvalue weighted by molar-refractivity contribution is 5.92. The molecule has 41 heavy (non-hydrogen) atoms. The summed E-state index contributed by atoms with van der Waals surface area (Å²) < 4.78 is 27.7. The van der Waals surface area contributed by atoms with Crippen molar-refractivity contribution in [1.82, 2.24) is 14.5 Å². The van der Waals surface area contributed by atoms with Gasteiger partial charge in [-0.2, -0.15) is 10.2 Å². The van der Waals surface area contributed by atoms with Crippen molar-refractivity contribution in [1.29, 1.82) is 5.26 Å². The molecular weight excluding hydrogens is 525 g/mol. The second-order valence-corrected chi connectivity index (χ2v) is 10.2. The Balaban J connectivity index is 1.14. The molecular formula is C31H28FN5O4. The van der Waals surface area contributed by atoms with Crippen LogP contribution in [0.25, 0.3) is 17.1 Å². The molecule has 6 rings (SSSR count). The van der Waals surface area contributed by atoms with Crippen molar-refractivity contribution >= 4 is 28.9 Å². The predicted octanol–water partition coefficient (Wildman–Crippen LogP) is 5.19. The average molecular weight is 554 g/mol. The largest absolute Gasteiger partial charge is 0.478 e. The van der Waals surface area contributed by atoms with Crippen molar-refractivity contribution in [3.63, 3.8) is 0 Å². The van der Waals surface area contributed by atoms with Gasteiger partial charge in [0.15, 0.2) is 0 Å². The van der Waals surface area contributed by atoms with E-state index in [0.717, 1.165) is 61.6 Å². The molecule has 4 heterocycles. The number of aromatic nitrogens is 3. The number of benzene rings is 2. The molecule has 2 fully saturated rings. The Labute approximate surface area is 236 Å². The number of halogens is 1. The van der Waals surface area contributed by atoms with Crippen LogP contribution in [0, 0.1) is 17.1 Å². The third-order valence-corrected chi connectivity index (χ3v) is 7.53. The molecule has 2 aromatic heterocycles. The monoisotopic (exact) mass is 553 g/mol. The van der Waals surface area contributed by atoms with Gasteiger partial charge in [-0.1, -0.05) is 17.7 Å². The number of carboxylic acids is 1. The van der Waals surface area contributed by atoms with E-state index in [0.29, 0.717) is 18.0 Å². The maximum absolute atomic E-state index is 14.2. The zero-order valence-electron chi connectivity index (χ0n) is 22.3. The predicted molar refractivity (Wildman–Crippen MR) is 150 cm³/mol. The van der Waals surface area contributed by atoms with Crippen LogP contribution in [0.15, 0.2) is 60.2 Å². The Hall–Kier alpha value is -4.75. The van der Waals surface area contributed by atoms with Crippen LogP contribution in [0.1, 0.15) is 46.6 Å². The molecule has 1 atom stereocenters. The van der Waals surface area contributed by atoms with E-state index in [1.54, 1.807) is 36.4 Å². The summed E-state index contributed by atoms with van der Waals surface area (Å²) in [5.74, 6) is 0.561. The molecule has 208 valence electrons. The Bertz CT molecular complexity index is 1680. The minimum Gasteiger partial charge on any atom is -0.478 e. The first-order chi connectivity index (χ1) is 20.0. The molecule has 9 nitrogen and oxygen atoms in total. The third-order valence-electron chi connectivity index (χ3n) is 7.53. The first-order valence-corrected chi connectivity index (χ1v) is 13.5. The summed E-state index contributed by atoms with van der Waals surface area (Å²) in [6.45, 7) is 2.93. The third kappa shape index (κ3) is 5.76. The number of aromatic carboxylic acids is 1. The highest BCUT2D eigenvalue weighted by Gasteiger charge is 2.23. The van der Waals surface area contributed by atoms with Crippen LogP contribution in [0.3, 0.4) is 0 Å². The van der Waals surface area contributed by atoms with E-state index < -0.39 is 11.8 Å². The average Bonchev–Trinajstić information content (AvgIpc) is 3.30. The van der Waals surface area contributed by atoms with E-state index in [4.69, 9.17) is 19.7 Å². The molecule has 10 heteroatoms. The molecule has 0 aliphatic carbocycles. The van der Waals surface area contributed by atoms with Gasteiger partial charge in [0.1, 0.15) is 24.1 Å². The molecule has 0 spiro atoms. The van der Waals surface area contributed by atoms with Crippen molar-refractivity contribution in [3.8, 4) is 11.9 Å². The van der Waals surface area contributed by atoms with Crippen LogP contribution in [0.2, 0.25) is 0 Å². The minimum absolute atomic E-state index is 0.0156. The maximum Gasteiger partial charge on any atom is 0.335 e. The van der Waals surface area contributed by atoms with Crippen LogP contribution < -0.4 is 9.64 Å². The number of carboxylic acid groups (broad SMARTS) is 1. The first-order valence-electron chi connectivity index (χ1n) is 13.5. The van der Waals surface area contributed by atoms with Crippen molar-refractivity contribution in [3.05, 3.63) is 88.5 Å². The zero-order valence-corrected chi connectivity index (χ0v) is 22.3. The quantitative estimate of drug-likeness (QED) is 0.317. The number of pyridine rings is 1. The van der Waals surface area contributed by atoms with E-state index in [2.05, 4.69) is 20.5 Å². The van der Waals surface area contributed by atoms with Crippen LogP contribution in [-0.4, -0.2) is 51.4 Å². The van der Waals surface area contributed by atoms with E-state index in [-0.39, 0.29) is 23.8 Å². The molecule has 2 aliphatic rings. The lowest BCUT2D eigenvalue weighted by Crippen LogP contribution is -2.32. The molecule has 0 saturated carbocycles. The minimum atomic E-state index is -0.962. The zero-order chi connectivity index (χ0) is 28.3. The number of anilines is 1. The topological polar surface area (TPSA) is 114 Å². The van der Waals surface area contributed by atoms with Crippen LogP contribution in [-0.2, 0) is 17.9 Å². The number of ether oxygens (including phenoxy) is 2. The fraction of sp³-hybridized carbons (Fsp3) is 0.290. The number of hydrogen-bond donors (Lipinski definition) is 1. The fourth-order valence-corrected chi connectivity index (χ4v) is 5.10. The highest BCUT2D eigenvalue weighted by atomic mass is 19.1. The Morgan fingerprint density at radius 2 is 2.00 bits per heavy atom. The number of rotatable bonds is 8. The number of carbonyl (C=O) groups is 1. The number of imidazole rings is 1. The van der Waals surface area contributed by atoms with E-state index in [1.807, 2.05) is 18.2 Å². The normalized spacial score (nSPS) is 16.7. The molecule has 2 aliphatic heterocycles. The molecule has 1 unspecified atom stereocenters. The number of nitriles is 1. The molecule has 1 N–H and O–H groups in total. The molecule has 2 aromatic carbocycles. The fourth-order valence-electron chi connectivity index (χ4n) is 5.10. The summed E-state index contributed by atoms with van der Waals surface area (Å²) in [5, 5.41) is 18.4. The number of nitrogens with zero attached hydrogens (tertiary/aromatic N) is 5. The number of piperidine rings is 1. The van der Waals surface area contributed by atoms with Crippen molar-refractivity contribution in [2.75, 3.05) is 24.6 Å². The van der Waals surface area contributed by atoms with Gasteiger partial charge in [-0.3, -0.25) is 0 Å². The van der Waals surface area contributed by atoms with E-state index >= 15 is 0 Å². The summed E-state index contributed by atoms with van der Waals surface area (Å²) in [6, 6.07) is 16.8. The lowest BCUT2D eigenvalue weighted by atomic mass is 10.0. The van der Waals surface area contributed by atoms with Crippen molar-refractivity contribution in [2.45, 2.75) is 38.5 Å². The second kappa shape index (κ2) is 11.4. The molecule has 2 saturated heterocycles. The van der Waals surface area contributed by atoms with Gasteiger partial charge in [-0.05, 0) is 61.7 Å². The van der Waals surface area contributed by atoms with Gasteiger partial charge in [0.05, 0.1) is 40.9 Å². The first kappa shape index (κ1) is 26.5. The van der Waals surface area contributed by atoms with Gasteiger partial charge in [0, 0.05) is 31.3 Å². The smallest absolute Gasteiger partial charge is 0.335 e. The Morgan fingerprint density at radius 3 is 2.71 bits per heavy atom. The molecule has 0 radical (unpaired) electrons. The number of fused-ring (bicyclic) bond motifs is 1. The lowest BCUT2D eigenvalue weighted by molar-refractivity contribution is -0.0587. The summed E-state index contributed by atoms with van der Waals surface area (Å²) in [5.41, 5.74) is 3.68. The lowest BCUT2D eigenvalue weighted by Gasteiger charge is -2.30. The highest BCUT2D eigenvalue weighted by Crippen LogP contribution is 2.28. The van der Waals surface area contributed by atoms with Crippen LogP contribution in [0.5, 0.6) is 5.88 Å². The second-order valence-electron chi connectivity index (χ2n) is 10.2. The van der Waals surface area contributed by atoms with Gasteiger partial charge < -0.3 is 24.0 Å². The van der Waals surface area contributed by atoms with Gasteiger partial charge in [0.2, 0.25) is 5.88 Å². The van der Waals surface area contributed by atoms with Gasteiger partial charge >= 0.3 is 5.97 Å². The van der Waals surface area contributed by atoms with Crippen molar-refractivity contribution in [2.24, 2.45) is 0 Å². The van der Waals surface area contributed by atoms with Gasteiger partial charge in [0.25, 0.3) is 0 Å². The molecule has 4 aromatic rings. The molecule has 0 bridgehead atoms. The van der Waals surface area contributed by atoms with Gasteiger partial charge in [-0.15, -0.1) is 0 Å². The summed E-state index contributed by atoms with van der Waals surface area (Å²) in [4.78, 5) is 23.2. The van der Waals surface area contributed by atoms with E-state index in [9.17, 15) is 14.3 Å². The Kier molecular flexibility index (Phi) is 7.35. The van der Waals surface area contributed by atoms with Gasteiger partial charge in [-0.25, -0.2) is 14.2 Å². The summed E-state index contributed by atoms with van der Waals surface area (Å²) >= 11 is 0. The standard InChI is InChI=1S/C31H28FN5O4/c32-25-14-21(17-33)4-5-23(25)19-41-30-3-1-2-28(35-30)36-11-8-20(9-12-36)15-29-34-26-7-6-22(31(38)39)16-27(26)37(29)18-24-10-13-40-24/h1-7,14-16,24H,8-13,18-19H2,(H,38,39). The summed E-state index contributed by atoms with van der Waals surface area (Å²) in [6.07, 6.45) is 4.85. The SMILES string of the molecule is N#Cc1ccc(COc2cccc(N3CCC(=Cc4nc5ccc(C(=O)O)cc5n4CC4CCO4)CC3)n2)c(F)c1. The van der Waals surface area contributed by atoms with Crippen LogP contribution in [0.4, 0.5) is 10.2 Å². The molecule has 0 amide bonds.